The lowest BCUT2D eigenvalue weighted by atomic mass is 9.43. The van der Waals surface area contributed by atoms with E-state index in [0.29, 0.717) is 0 Å². The Morgan fingerprint density at radius 1 is 0.500 bits per heavy atom. The van der Waals surface area contributed by atoms with Gasteiger partial charge < -0.3 is 4.81 Å². The number of rotatable bonds is 2. The van der Waals surface area contributed by atoms with Gasteiger partial charge in [-0.25, -0.2) is 0 Å². The molecule has 4 heteroatoms. The third-order valence-corrected chi connectivity index (χ3v) is 7.82. The van der Waals surface area contributed by atoms with E-state index >= 15 is 0 Å². The van der Waals surface area contributed by atoms with Gasteiger partial charge in [-0.3, -0.25) is 9.97 Å². The summed E-state index contributed by atoms with van der Waals surface area (Å²) in [7, 11) is 0. The Morgan fingerprint density at radius 3 is 1.92 bits per heavy atom. The molecule has 4 heterocycles. The van der Waals surface area contributed by atoms with Crippen LogP contribution in [0, 0.1) is 0 Å². The van der Waals surface area contributed by atoms with Crippen LogP contribution in [0.2, 0.25) is 0 Å². The molecule has 6 aromatic rings. The maximum absolute atomic E-state index is 4.75. The first-order chi connectivity index (χ1) is 18.9. The molecule has 3 nitrogen and oxygen atoms in total. The maximum atomic E-state index is 4.75. The van der Waals surface area contributed by atoms with Crippen LogP contribution >= 0.6 is 0 Å². The van der Waals surface area contributed by atoms with Crippen LogP contribution in [0.15, 0.2) is 134 Å². The Balaban J connectivity index is 1.30. The SMILES string of the molecule is c1cncc(-c2ccc(-c3ccc4c(c3)-c3ccccc3B3c5ccccc5-c5ccccc5N34)cn2)c1. The minimum atomic E-state index is 0.135. The molecule has 2 aliphatic rings. The second kappa shape index (κ2) is 8.29. The highest BCUT2D eigenvalue weighted by molar-refractivity contribution is 6.92. The van der Waals surface area contributed by atoms with Crippen LogP contribution < -0.4 is 15.7 Å². The average Bonchev–Trinajstić information content (AvgIpc) is 3.01. The van der Waals surface area contributed by atoms with E-state index in [1.165, 1.54) is 44.6 Å². The van der Waals surface area contributed by atoms with Crippen LogP contribution in [0.1, 0.15) is 0 Å². The second-order valence-electron chi connectivity index (χ2n) is 9.87. The van der Waals surface area contributed by atoms with Crippen molar-refractivity contribution < 1.29 is 0 Å². The zero-order chi connectivity index (χ0) is 25.1. The zero-order valence-electron chi connectivity index (χ0n) is 20.6. The number of hydrogen-bond donors (Lipinski definition) is 0. The average molecular weight is 483 g/mol. The number of nitrogens with zero attached hydrogens (tertiary/aromatic N) is 3. The van der Waals surface area contributed by atoms with Crippen LogP contribution in [0.5, 0.6) is 0 Å². The first kappa shape index (κ1) is 21.2. The van der Waals surface area contributed by atoms with Gasteiger partial charge in [-0.2, -0.15) is 0 Å². The topological polar surface area (TPSA) is 29.0 Å². The molecule has 0 atom stereocenters. The van der Waals surface area contributed by atoms with E-state index in [1.54, 1.807) is 6.20 Å². The fraction of sp³-hybridized carbons (Fsp3) is 0. The Hall–Kier alpha value is -4.96. The van der Waals surface area contributed by atoms with Crippen molar-refractivity contribution in [3.63, 3.8) is 0 Å². The van der Waals surface area contributed by atoms with Gasteiger partial charge in [0, 0.05) is 52.2 Å². The molecule has 0 saturated carbocycles. The summed E-state index contributed by atoms with van der Waals surface area (Å²) in [5, 5.41) is 0. The van der Waals surface area contributed by atoms with Crippen molar-refractivity contribution in [1.82, 2.24) is 9.97 Å². The largest absolute Gasteiger partial charge is 0.376 e. The monoisotopic (exact) mass is 483 g/mol. The third-order valence-electron chi connectivity index (χ3n) is 7.82. The molecule has 0 unspecified atom stereocenters. The first-order valence-corrected chi connectivity index (χ1v) is 12.9. The minimum absolute atomic E-state index is 0.135. The van der Waals surface area contributed by atoms with Crippen molar-refractivity contribution >= 4 is 29.1 Å². The van der Waals surface area contributed by atoms with E-state index in [2.05, 4.69) is 113 Å². The molecule has 0 N–H and O–H groups in total. The molecule has 0 spiro atoms. The molecule has 176 valence electrons. The van der Waals surface area contributed by atoms with Crippen LogP contribution in [0.4, 0.5) is 11.4 Å². The Bertz CT molecular complexity index is 1830. The van der Waals surface area contributed by atoms with Crippen LogP contribution in [0.3, 0.4) is 0 Å². The molecule has 0 amide bonds. The van der Waals surface area contributed by atoms with Gasteiger partial charge in [0.05, 0.1) is 5.69 Å². The smallest absolute Gasteiger partial charge is 0.329 e. The summed E-state index contributed by atoms with van der Waals surface area (Å²) in [6.45, 7) is 0.135. The summed E-state index contributed by atoms with van der Waals surface area (Å²) in [5.41, 5.74) is 14.5. The molecule has 0 fully saturated rings. The summed E-state index contributed by atoms with van der Waals surface area (Å²) in [6, 6.07) is 41.6. The molecule has 0 saturated heterocycles. The summed E-state index contributed by atoms with van der Waals surface area (Å²) in [5.74, 6) is 0. The van der Waals surface area contributed by atoms with E-state index in [-0.39, 0.29) is 6.85 Å². The van der Waals surface area contributed by atoms with E-state index in [0.717, 1.165) is 22.4 Å². The first-order valence-electron chi connectivity index (χ1n) is 12.9. The van der Waals surface area contributed by atoms with Gasteiger partial charge in [-0.05, 0) is 64.0 Å². The molecule has 0 aliphatic carbocycles. The highest BCUT2D eigenvalue weighted by Gasteiger charge is 2.41. The Kier molecular flexibility index (Phi) is 4.62. The van der Waals surface area contributed by atoms with Crippen molar-refractivity contribution in [3.05, 3.63) is 134 Å². The van der Waals surface area contributed by atoms with Crippen LogP contribution in [0.25, 0.3) is 44.6 Å². The standard InChI is InChI=1S/C34H22BN3/c1-4-12-30-26(9-1)28-11-3-6-14-33(28)38-34-18-16-23(20-29(34)27-10-2-5-13-31(27)35(30)38)24-15-17-32(37-22-24)25-8-7-19-36-21-25/h1-22H. The number of anilines is 2. The lowest BCUT2D eigenvalue weighted by Crippen LogP contribution is -2.59. The molecule has 38 heavy (non-hydrogen) atoms. The van der Waals surface area contributed by atoms with E-state index in [1.807, 2.05) is 24.5 Å². The van der Waals surface area contributed by atoms with Crippen molar-refractivity contribution in [2.24, 2.45) is 0 Å². The predicted molar refractivity (Wildman–Crippen MR) is 157 cm³/mol. The van der Waals surface area contributed by atoms with Gasteiger partial charge in [0.1, 0.15) is 0 Å². The van der Waals surface area contributed by atoms with E-state index in [4.69, 9.17) is 4.98 Å². The maximum Gasteiger partial charge on any atom is 0.329 e. The fourth-order valence-electron chi connectivity index (χ4n) is 6.12. The van der Waals surface area contributed by atoms with E-state index in [9.17, 15) is 0 Å². The molecule has 2 aromatic heterocycles. The molecular formula is C34H22BN3. The normalized spacial score (nSPS) is 12.6. The number of aromatic nitrogens is 2. The Labute approximate surface area is 222 Å². The molecular weight excluding hydrogens is 461 g/mol. The Morgan fingerprint density at radius 2 is 1.18 bits per heavy atom. The molecule has 0 radical (unpaired) electrons. The third kappa shape index (κ3) is 3.10. The predicted octanol–water partition coefficient (Wildman–Crippen LogP) is 6.72. The number of hydrogen-bond acceptors (Lipinski definition) is 3. The summed E-state index contributed by atoms with van der Waals surface area (Å²) in [4.78, 5) is 11.5. The minimum Gasteiger partial charge on any atom is -0.376 e. The highest BCUT2D eigenvalue weighted by atomic mass is 15.1. The van der Waals surface area contributed by atoms with Crippen LogP contribution in [-0.2, 0) is 0 Å². The molecule has 8 rings (SSSR count). The van der Waals surface area contributed by atoms with Gasteiger partial charge in [0.2, 0.25) is 0 Å². The summed E-state index contributed by atoms with van der Waals surface area (Å²) in [6.07, 6.45) is 5.60. The second-order valence-corrected chi connectivity index (χ2v) is 9.87. The van der Waals surface area contributed by atoms with Gasteiger partial charge >= 0.3 is 6.85 Å². The van der Waals surface area contributed by atoms with E-state index < -0.39 is 0 Å². The molecule has 0 bridgehead atoms. The van der Waals surface area contributed by atoms with Crippen molar-refractivity contribution in [2.45, 2.75) is 0 Å². The number of fused-ring (bicyclic) bond motifs is 11. The van der Waals surface area contributed by atoms with Gasteiger partial charge in [-0.1, -0.05) is 78.9 Å². The highest BCUT2D eigenvalue weighted by Crippen LogP contribution is 2.46. The number of benzene rings is 4. The summed E-state index contributed by atoms with van der Waals surface area (Å²) >= 11 is 0. The van der Waals surface area contributed by atoms with Gasteiger partial charge in [0.25, 0.3) is 0 Å². The zero-order valence-corrected chi connectivity index (χ0v) is 20.6. The number of para-hydroxylation sites is 1. The lowest BCUT2D eigenvalue weighted by Gasteiger charge is -2.43. The fourth-order valence-corrected chi connectivity index (χ4v) is 6.12. The van der Waals surface area contributed by atoms with Gasteiger partial charge in [-0.15, -0.1) is 0 Å². The quantitative estimate of drug-likeness (QED) is 0.256. The summed E-state index contributed by atoms with van der Waals surface area (Å²) < 4.78 is 0. The van der Waals surface area contributed by atoms with Crippen molar-refractivity contribution in [3.8, 4) is 44.6 Å². The molecule has 4 aromatic carbocycles. The number of pyridine rings is 2. The van der Waals surface area contributed by atoms with Crippen molar-refractivity contribution in [1.29, 1.82) is 0 Å². The lowest BCUT2D eigenvalue weighted by molar-refractivity contribution is 1.28. The van der Waals surface area contributed by atoms with Crippen molar-refractivity contribution in [2.75, 3.05) is 4.81 Å². The van der Waals surface area contributed by atoms with Crippen LogP contribution in [-0.4, -0.2) is 16.8 Å². The van der Waals surface area contributed by atoms with Gasteiger partial charge in [0.15, 0.2) is 0 Å². The molecule has 2 aliphatic heterocycles.